The van der Waals surface area contributed by atoms with E-state index in [-0.39, 0.29) is 9.92 Å². The van der Waals surface area contributed by atoms with Crippen LogP contribution in [0.15, 0.2) is 47.4 Å². The van der Waals surface area contributed by atoms with Crippen LogP contribution >= 0.6 is 11.6 Å². The van der Waals surface area contributed by atoms with Crippen molar-refractivity contribution in [3.8, 4) is 5.75 Å². The summed E-state index contributed by atoms with van der Waals surface area (Å²) >= 11 is 5.57. The second-order valence-corrected chi connectivity index (χ2v) is 7.08. The fraction of sp³-hybridized carbons (Fsp3) is 0.188. The topological polar surface area (TPSA) is 84.5 Å². The Morgan fingerprint density at radius 3 is 2.48 bits per heavy atom. The zero-order valence-electron chi connectivity index (χ0n) is 13.3. The molecular formula is C16H16ClFN2O4S. The highest BCUT2D eigenvalue weighted by Gasteiger charge is 2.17. The summed E-state index contributed by atoms with van der Waals surface area (Å²) in [5.41, 5.74) is 0.498. The average molecular weight is 387 g/mol. The molecule has 2 aromatic carbocycles. The highest BCUT2D eigenvalue weighted by molar-refractivity contribution is 7.89. The first kappa shape index (κ1) is 19.2. The minimum absolute atomic E-state index is 0.229. The molecule has 0 aliphatic heterocycles. The van der Waals surface area contributed by atoms with Crippen LogP contribution < -0.4 is 14.8 Å². The predicted molar refractivity (Wildman–Crippen MR) is 92.8 cm³/mol. The number of halogens is 2. The Morgan fingerprint density at radius 2 is 1.88 bits per heavy atom. The number of ether oxygens (including phenoxy) is 1. The van der Waals surface area contributed by atoms with E-state index in [1.54, 1.807) is 24.3 Å². The second-order valence-electron chi connectivity index (χ2n) is 4.91. The molecule has 0 bridgehead atoms. The quantitative estimate of drug-likeness (QED) is 0.766. The molecule has 0 atom stereocenters. The van der Waals surface area contributed by atoms with Gasteiger partial charge in [0.25, 0.3) is 0 Å². The molecule has 25 heavy (non-hydrogen) atoms. The maximum atomic E-state index is 13.1. The van der Waals surface area contributed by atoms with E-state index in [1.807, 2.05) is 6.92 Å². The summed E-state index contributed by atoms with van der Waals surface area (Å²) in [6.45, 7) is 1.90. The van der Waals surface area contributed by atoms with Gasteiger partial charge >= 0.3 is 0 Å². The summed E-state index contributed by atoms with van der Waals surface area (Å²) in [6.07, 6.45) is 0. The van der Waals surface area contributed by atoms with Crippen molar-refractivity contribution in [2.45, 2.75) is 11.8 Å². The number of amides is 1. The van der Waals surface area contributed by atoms with Gasteiger partial charge in [-0.15, -0.1) is 0 Å². The van der Waals surface area contributed by atoms with Crippen LogP contribution in [0.25, 0.3) is 0 Å². The van der Waals surface area contributed by atoms with Gasteiger partial charge in [-0.25, -0.2) is 17.5 Å². The normalized spacial score (nSPS) is 11.2. The molecule has 0 aromatic heterocycles. The zero-order chi connectivity index (χ0) is 18.4. The van der Waals surface area contributed by atoms with Gasteiger partial charge in [0, 0.05) is 5.69 Å². The van der Waals surface area contributed by atoms with E-state index in [4.69, 9.17) is 16.3 Å². The first-order valence-corrected chi connectivity index (χ1v) is 9.15. The van der Waals surface area contributed by atoms with Gasteiger partial charge in [-0.1, -0.05) is 11.6 Å². The lowest BCUT2D eigenvalue weighted by Gasteiger charge is -2.09. The van der Waals surface area contributed by atoms with E-state index < -0.39 is 28.3 Å². The third-order valence-electron chi connectivity index (χ3n) is 3.07. The maximum Gasteiger partial charge on any atom is 0.241 e. The van der Waals surface area contributed by atoms with Crippen LogP contribution in [0.1, 0.15) is 6.92 Å². The molecule has 0 spiro atoms. The fourth-order valence-electron chi connectivity index (χ4n) is 1.89. The average Bonchev–Trinajstić information content (AvgIpc) is 2.57. The zero-order valence-corrected chi connectivity index (χ0v) is 14.8. The van der Waals surface area contributed by atoms with Crippen LogP contribution in [0, 0.1) is 5.82 Å². The number of hydrogen-bond acceptors (Lipinski definition) is 4. The number of carbonyl (C=O) groups is 1. The Hall–Kier alpha value is -2.16. The van der Waals surface area contributed by atoms with Gasteiger partial charge in [0.2, 0.25) is 15.9 Å². The summed E-state index contributed by atoms with van der Waals surface area (Å²) in [6, 6.07) is 9.62. The lowest BCUT2D eigenvalue weighted by atomic mass is 10.3. The molecule has 0 aliphatic carbocycles. The molecule has 0 aliphatic rings. The van der Waals surface area contributed by atoms with E-state index in [9.17, 15) is 17.6 Å². The summed E-state index contributed by atoms with van der Waals surface area (Å²) < 4.78 is 44.7. The molecule has 2 aromatic rings. The molecule has 0 saturated heterocycles. The van der Waals surface area contributed by atoms with Crippen LogP contribution in [0.4, 0.5) is 10.1 Å². The van der Waals surface area contributed by atoms with Gasteiger partial charge < -0.3 is 10.1 Å². The number of benzene rings is 2. The summed E-state index contributed by atoms with van der Waals surface area (Å²) in [7, 11) is -3.98. The van der Waals surface area contributed by atoms with Crippen molar-refractivity contribution in [2.75, 3.05) is 18.5 Å². The summed E-state index contributed by atoms with van der Waals surface area (Å²) in [5, 5.41) is 2.23. The van der Waals surface area contributed by atoms with E-state index in [0.29, 0.717) is 18.0 Å². The summed E-state index contributed by atoms with van der Waals surface area (Å²) in [5.74, 6) is -0.621. The van der Waals surface area contributed by atoms with Gasteiger partial charge in [0.05, 0.1) is 23.1 Å². The standard InChI is InChI=1S/C16H16ClFN2O4S/c1-2-24-12-5-3-11(4-6-12)20-16(21)10-19-25(22,23)13-7-8-15(18)14(17)9-13/h3-9,19H,2,10H2,1H3,(H,20,21). The molecule has 6 nitrogen and oxygen atoms in total. The third kappa shape index (κ3) is 5.42. The van der Waals surface area contributed by atoms with Gasteiger partial charge in [-0.2, -0.15) is 0 Å². The molecule has 0 unspecified atom stereocenters. The number of sulfonamides is 1. The molecular weight excluding hydrogens is 371 g/mol. The number of nitrogens with one attached hydrogen (secondary N) is 2. The van der Waals surface area contributed by atoms with Gasteiger partial charge in [-0.05, 0) is 49.4 Å². The molecule has 0 heterocycles. The summed E-state index contributed by atoms with van der Waals surface area (Å²) in [4.78, 5) is 11.6. The van der Waals surface area contributed by atoms with Crippen LogP contribution in [-0.2, 0) is 14.8 Å². The monoisotopic (exact) mass is 386 g/mol. The highest BCUT2D eigenvalue weighted by atomic mass is 35.5. The largest absolute Gasteiger partial charge is 0.494 e. The van der Waals surface area contributed by atoms with Crippen molar-refractivity contribution in [1.29, 1.82) is 0 Å². The number of anilines is 1. The minimum atomic E-state index is -3.98. The van der Waals surface area contributed by atoms with Crippen LogP contribution in [0.5, 0.6) is 5.75 Å². The van der Waals surface area contributed by atoms with Crippen LogP contribution in [0.2, 0.25) is 5.02 Å². The van der Waals surface area contributed by atoms with Crippen molar-refractivity contribution in [3.05, 3.63) is 53.3 Å². The Balaban J connectivity index is 1.95. The molecule has 0 radical (unpaired) electrons. The lowest BCUT2D eigenvalue weighted by Crippen LogP contribution is -2.32. The van der Waals surface area contributed by atoms with E-state index in [0.717, 1.165) is 18.2 Å². The van der Waals surface area contributed by atoms with Crippen molar-refractivity contribution in [2.24, 2.45) is 0 Å². The molecule has 0 saturated carbocycles. The van der Waals surface area contributed by atoms with Crippen molar-refractivity contribution >= 4 is 33.2 Å². The first-order chi connectivity index (χ1) is 11.8. The number of rotatable bonds is 7. The number of carbonyl (C=O) groups excluding carboxylic acids is 1. The van der Waals surface area contributed by atoms with E-state index >= 15 is 0 Å². The molecule has 2 N–H and O–H groups in total. The Morgan fingerprint density at radius 1 is 1.20 bits per heavy atom. The maximum absolute atomic E-state index is 13.1. The van der Waals surface area contributed by atoms with Gasteiger partial charge in [-0.3, -0.25) is 4.79 Å². The second kappa shape index (κ2) is 8.28. The van der Waals surface area contributed by atoms with Gasteiger partial charge in [0.1, 0.15) is 11.6 Å². The van der Waals surface area contributed by atoms with Crippen LogP contribution in [0.3, 0.4) is 0 Å². The molecule has 134 valence electrons. The molecule has 1 amide bonds. The molecule has 2 rings (SSSR count). The van der Waals surface area contributed by atoms with Crippen molar-refractivity contribution in [1.82, 2.24) is 4.72 Å². The smallest absolute Gasteiger partial charge is 0.241 e. The van der Waals surface area contributed by atoms with Crippen molar-refractivity contribution in [3.63, 3.8) is 0 Å². The Labute approximate surface area is 150 Å². The van der Waals surface area contributed by atoms with Crippen LogP contribution in [-0.4, -0.2) is 27.5 Å². The lowest BCUT2D eigenvalue weighted by molar-refractivity contribution is -0.115. The minimum Gasteiger partial charge on any atom is -0.494 e. The SMILES string of the molecule is CCOc1ccc(NC(=O)CNS(=O)(=O)c2ccc(F)c(Cl)c2)cc1. The van der Waals surface area contributed by atoms with Gasteiger partial charge in [0.15, 0.2) is 0 Å². The Bertz CT molecular complexity index is 857. The number of hydrogen-bond donors (Lipinski definition) is 2. The van der Waals surface area contributed by atoms with E-state index in [2.05, 4.69) is 10.0 Å². The predicted octanol–water partition coefficient (Wildman–Crippen LogP) is 2.79. The Kier molecular flexibility index (Phi) is 6.35. The third-order valence-corrected chi connectivity index (χ3v) is 4.76. The van der Waals surface area contributed by atoms with Crippen molar-refractivity contribution < 1.29 is 22.3 Å². The first-order valence-electron chi connectivity index (χ1n) is 7.29. The molecule has 9 heteroatoms. The van der Waals surface area contributed by atoms with E-state index in [1.165, 1.54) is 0 Å². The fourth-order valence-corrected chi connectivity index (χ4v) is 3.15. The highest BCUT2D eigenvalue weighted by Crippen LogP contribution is 2.19. The molecule has 0 fully saturated rings.